The Morgan fingerprint density at radius 2 is 2.04 bits per heavy atom. The van der Waals surface area contributed by atoms with E-state index in [2.05, 4.69) is 0 Å². The van der Waals surface area contributed by atoms with Crippen LogP contribution in [0.2, 0.25) is 0 Å². The van der Waals surface area contributed by atoms with Gasteiger partial charge in [0.15, 0.2) is 5.79 Å². The fourth-order valence-electron chi connectivity index (χ4n) is 2.96. The lowest BCUT2D eigenvalue weighted by atomic mass is 9.97. The summed E-state index contributed by atoms with van der Waals surface area (Å²) >= 11 is 0. The zero-order valence-corrected chi connectivity index (χ0v) is 15.7. The van der Waals surface area contributed by atoms with Gasteiger partial charge < -0.3 is 18.9 Å². The Morgan fingerprint density at radius 1 is 1.36 bits per heavy atom. The molecule has 1 aromatic rings. The Kier molecular flexibility index (Phi) is 6.76. The van der Waals surface area contributed by atoms with Crippen molar-refractivity contribution >= 4 is 5.97 Å². The van der Waals surface area contributed by atoms with E-state index in [-0.39, 0.29) is 24.1 Å². The summed E-state index contributed by atoms with van der Waals surface area (Å²) < 4.78 is 22.6. The van der Waals surface area contributed by atoms with Gasteiger partial charge in [-0.2, -0.15) is 0 Å². The highest BCUT2D eigenvalue weighted by molar-refractivity contribution is 5.87. The highest BCUT2D eigenvalue weighted by atomic mass is 16.7. The second kappa shape index (κ2) is 8.61. The molecule has 0 radical (unpaired) electrons. The summed E-state index contributed by atoms with van der Waals surface area (Å²) in [5, 5.41) is 0. The number of carbonyl (C=O) groups is 1. The molecule has 3 atom stereocenters. The van der Waals surface area contributed by atoms with Crippen LogP contribution in [0.5, 0.6) is 0 Å². The first kappa shape index (κ1) is 19.6. The third-order valence-corrected chi connectivity index (χ3v) is 4.22. The molecule has 0 N–H and O–H groups in total. The van der Waals surface area contributed by atoms with E-state index in [0.717, 1.165) is 5.56 Å². The van der Waals surface area contributed by atoms with Crippen molar-refractivity contribution in [2.45, 2.75) is 52.3 Å². The first-order chi connectivity index (χ1) is 11.8. The van der Waals surface area contributed by atoms with Gasteiger partial charge in [0.2, 0.25) is 0 Å². The van der Waals surface area contributed by atoms with E-state index in [1.165, 1.54) is 7.11 Å². The van der Waals surface area contributed by atoms with Crippen molar-refractivity contribution < 1.29 is 23.7 Å². The number of methoxy groups -OCH3 is 1. The average Bonchev–Trinajstić information content (AvgIpc) is 2.94. The van der Waals surface area contributed by atoms with E-state index in [1.807, 2.05) is 57.2 Å². The van der Waals surface area contributed by atoms with E-state index >= 15 is 0 Å². The molecule has 0 aromatic heterocycles. The molecule has 2 rings (SSSR count). The molecule has 1 fully saturated rings. The van der Waals surface area contributed by atoms with Crippen LogP contribution in [0.25, 0.3) is 0 Å². The molecule has 5 heteroatoms. The molecule has 138 valence electrons. The second-order valence-electron chi connectivity index (χ2n) is 6.83. The lowest BCUT2D eigenvalue weighted by molar-refractivity contribution is -0.161. The first-order valence-electron chi connectivity index (χ1n) is 8.56. The van der Waals surface area contributed by atoms with Crippen molar-refractivity contribution in [3.8, 4) is 0 Å². The fourth-order valence-corrected chi connectivity index (χ4v) is 2.96. The minimum Gasteiger partial charge on any atom is -0.466 e. The Bertz CT molecular complexity index is 593. The standard InChI is InChI=1S/C20H28O5/c1-14(11-15(2)19(21)22-5)18(17-13-24-20(3,4)25-17)23-12-16-9-7-6-8-10-16/h6-11,14,17-18H,12-13H2,1-5H3/b15-11-/t14-,17-,18+/m1/s1. The Morgan fingerprint density at radius 3 is 2.60 bits per heavy atom. The van der Waals surface area contributed by atoms with Gasteiger partial charge >= 0.3 is 5.97 Å². The van der Waals surface area contributed by atoms with E-state index in [9.17, 15) is 4.79 Å². The van der Waals surface area contributed by atoms with Gasteiger partial charge in [0.05, 0.1) is 26.4 Å². The predicted octanol–water partition coefficient (Wildman–Crippen LogP) is 3.48. The molecule has 0 amide bonds. The maximum absolute atomic E-state index is 11.7. The normalized spacial score (nSPS) is 22.4. The van der Waals surface area contributed by atoms with Crippen LogP contribution < -0.4 is 0 Å². The second-order valence-corrected chi connectivity index (χ2v) is 6.83. The molecule has 0 saturated carbocycles. The average molecular weight is 348 g/mol. The third-order valence-electron chi connectivity index (χ3n) is 4.22. The van der Waals surface area contributed by atoms with Crippen molar-refractivity contribution in [3.63, 3.8) is 0 Å². The monoisotopic (exact) mass is 348 g/mol. The molecule has 1 aliphatic heterocycles. The van der Waals surface area contributed by atoms with Gasteiger partial charge in [-0.25, -0.2) is 4.79 Å². The molecule has 0 unspecified atom stereocenters. The maximum atomic E-state index is 11.7. The highest BCUT2D eigenvalue weighted by Gasteiger charge is 2.39. The summed E-state index contributed by atoms with van der Waals surface area (Å²) in [7, 11) is 1.38. The summed E-state index contributed by atoms with van der Waals surface area (Å²) in [6, 6.07) is 9.98. The van der Waals surface area contributed by atoms with Crippen molar-refractivity contribution in [2.24, 2.45) is 5.92 Å². The molecule has 0 spiro atoms. The molecule has 1 heterocycles. The van der Waals surface area contributed by atoms with Crippen molar-refractivity contribution in [3.05, 3.63) is 47.5 Å². The summed E-state index contributed by atoms with van der Waals surface area (Å²) in [6.45, 7) is 8.47. The molecule has 1 aromatic carbocycles. The minimum absolute atomic E-state index is 0.0367. The fraction of sp³-hybridized carbons (Fsp3) is 0.550. The number of esters is 1. The molecule has 0 bridgehead atoms. The molecular weight excluding hydrogens is 320 g/mol. The van der Waals surface area contributed by atoms with E-state index in [4.69, 9.17) is 18.9 Å². The molecular formula is C20H28O5. The van der Waals surface area contributed by atoms with Gasteiger partial charge in [0.25, 0.3) is 0 Å². The SMILES string of the molecule is COC(=O)/C(C)=C\[C@@H](C)[C@H](OCc1ccccc1)[C@H]1COC(C)(C)O1. The Hall–Kier alpha value is -1.69. The van der Waals surface area contributed by atoms with Gasteiger partial charge in [0.1, 0.15) is 6.10 Å². The van der Waals surface area contributed by atoms with Gasteiger partial charge in [0, 0.05) is 11.5 Å². The summed E-state index contributed by atoms with van der Waals surface area (Å²) in [5.74, 6) is -0.997. The van der Waals surface area contributed by atoms with Crippen molar-refractivity contribution in [1.29, 1.82) is 0 Å². The molecule has 1 saturated heterocycles. The summed E-state index contributed by atoms with van der Waals surface area (Å²) in [6.07, 6.45) is 1.44. The quantitative estimate of drug-likeness (QED) is 0.558. The van der Waals surface area contributed by atoms with Crippen LogP contribution in [0.4, 0.5) is 0 Å². The smallest absolute Gasteiger partial charge is 0.333 e. The topological polar surface area (TPSA) is 54.0 Å². The molecule has 5 nitrogen and oxygen atoms in total. The predicted molar refractivity (Wildman–Crippen MR) is 94.9 cm³/mol. The van der Waals surface area contributed by atoms with E-state index < -0.39 is 5.79 Å². The van der Waals surface area contributed by atoms with Gasteiger partial charge in [-0.05, 0) is 26.3 Å². The maximum Gasteiger partial charge on any atom is 0.333 e. The summed E-state index contributed by atoms with van der Waals surface area (Å²) in [5.41, 5.74) is 1.65. The number of ether oxygens (including phenoxy) is 4. The lowest BCUT2D eigenvalue weighted by Crippen LogP contribution is -2.37. The molecule has 25 heavy (non-hydrogen) atoms. The van der Waals surface area contributed by atoms with Crippen LogP contribution in [-0.2, 0) is 30.3 Å². The van der Waals surface area contributed by atoms with Crippen molar-refractivity contribution in [2.75, 3.05) is 13.7 Å². The van der Waals surface area contributed by atoms with Crippen LogP contribution >= 0.6 is 0 Å². The number of carbonyl (C=O) groups excluding carboxylic acids is 1. The Balaban J connectivity index is 2.12. The zero-order valence-electron chi connectivity index (χ0n) is 15.7. The van der Waals surface area contributed by atoms with Crippen LogP contribution in [0.3, 0.4) is 0 Å². The third kappa shape index (κ3) is 5.66. The van der Waals surface area contributed by atoms with Crippen LogP contribution in [-0.4, -0.2) is 37.7 Å². The van der Waals surface area contributed by atoms with E-state index in [1.54, 1.807) is 6.92 Å². The van der Waals surface area contributed by atoms with Gasteiger partial charge in [-0.15, -0.1) is 0 Å². The van der Waals surface area contributed by atoms with Crippen LogP contribution in [0.1, 0.15) is 33.3 Å². The molecule has 1 aliphatic rings. The highest BCUT2D eigenvalue weighted by Crippen LogP contribution is 2.29. The lowest BCUT2D eigenvalue weighted by Gasteiger charge is -2.28. The van der Waals surface area contributed by atoms with Crippen molar-refractivity contribution in [1.82, 2.24) is 0 Å². The number of rotatable bonds is 7. The molecule has 0 aliphatic carbocycles. The largest absolute Gasteiger partial charge is 0.466 e. The minimum atomic E-state index is -0.625. The van der Waals surface area contributed by atoms with Gasteiger partial charge in [-0.3, -0.25) is 0 Å². The number of benzene rings is 1. The zero-order chi connectivity index (χ0) is 18.4. The van der Waals surface area contributed by atoms with Crippen LogP contribution in [0.15, 0.2) is 42.0 Å². The number of hydrogen-bond donors (Lipinski definition) is 0. The van der Waals surface area contributed by atoms with Gasteiger partial charge in [-0.1, -0.05) is 43.3 Å². The number of hydrogen-bond acceptors (Lipinski definition) is 5. The summed E-state index contributed by atoms with van der Waals surface area (Å²) in [4.78, 5) is 11.7. The van der Waals surface area contributed by atoms with E-state index in [0.29, 0.717) is 18.8 Å². The Labute approximate surface area is 149 Å². The van der Waals surface area contributed by atoms with Crippen LogP contribution in [0, 0.1) is 5.92 Å². The first-order valence-corrected chi connectivity index (χ1v) is 8.56.